The average molecular weight is 349 g/mol. The molecule has 0 spiro atoms. The van der Waals surface area contributed by atoms with E-state index in [2.05, 4.69) is 23.9 Å². The number of likely N-dealkylation sites (tertiary alicyclic amines) is 2. The molecule has 1 amide bonds. The molecule has 25 heavy (non-hydrogen) atoms. The number of aliphatic carboxylic acids is 1. The minimum Gasteiger partial charge on any atom is -0.481 e. The summed E-state index contributed by atoms with van der Waals surface area (Å²) in [5, 5.41) is 13.8. The van der Waals surface area contributed by atoms with Crippen LogP contribution in [-0.4, -0.2) is 64.2 Å². The zero-order chi connectivity index (χ0) is 18.4. The summed E-state index contributed by atoms with van der Waals surface area (Å²) >= 11 is 0. The maximum Gasteiger partial charge on any atom is 0.313 e. The summed E-state index contributed by atoms with van der Waals surface area (Å²) in [6, 6.07) is 0.325. The van der Waals surface area contributed by atoms with Crippen molar-refractivity contribution in [1.29, 1.82) is 0 Å². The molecule has 2 fully saturated rings. The van der Waals surface area contributed by atoms with Crippen LogP contribution in [0, 0.1) is 25.2 Å². The molecule has 7 heteroatoms. The second kappa shape index (κ2) is 6.44. The fraction of sp³-hybridized carbons (Fsp3) is 0.722. The number of fused-ring (bicyclic) bond motifs is 1. The number of hydrogen-bond donors (Lipinski definition) is 1. The smallest absolute Gasteiger partial charge is 0.313 e. The molecular weight excluding hydrogens is 322 g/mol. The van der Waals surface area contributed by atoms with Gasteiger partial charge in [-0.15, -0.1) is 0 Å². The van der Waals surface area contributed by atoms with E-state index in [0.29, 0.717) is 38.5 Å². The van der Waals surface area contributed by atoms with E-state index in [0.717, 1.165) is 23.6 Å². The van der Waals surface area contributed by atoms with Crippen LogP contribution in [0.25, 0.3) is 0 Å². The van der Waals surface area contributed by atoms with E-state index < -0.39 is 11.4 Å². The number of amides is 1. The van der Waals surface area contributed by atoms with Crippen molar-refractivity contribution >= 4 is 11.9 Å². The van der Waals surface area contributed by atoms with Gasteiger partial charge in [0.25, 0.3) is 0 Å². The van der Waals surface area contributed by atoms with Crippen molar-refractivity contribution in [3.63, 3.8) is 0 Å². The van der Waals surface area contributed by atoms with E-state index >= 15 is 0 Å². The lowest BCUT2D eigenvalue weighted by Gasteiger charge is -2.27. The minimum absolute atomic E-state index is 0.00964. The molecule has 2 saturated heterocycles. The van der Waals surface area contributed by atoms with Crippen LogP contribution in [0.5, 0.6) is 0 Å². The van der Waals surface area contributed by atoms with Crippen LogP contribution in [0.3, 0.4) is 0 Å². The van der Waals surface area contributed by atoms with Crippen molar-refractivity contribution in [1.82, 2.24) is 15.0 Å². The van der Waals surface area contributed by atoms with Gasteiger partial charge in [-0.2, -0.15) is 0 Å². The third-order valence-corrected chi connectivity index (χ3v) is 5.91. The molecule has 0 radical (unpaired) electrons. The molecule has 1 aromatic heterocycles. The van der Waals surface area contributed by atoms with Gasteiger partial charge < -0.3 is 14.5 Å². The van der Waals surface area contributed by atoms with Crippen LogP contribution in [0.2, 0.25) is 0 Å². The molecule has 3 heterocycles. The Kier molecular flexibility index (Phi) is 4.62. The largest absolute Gasteiger partial charge is 0.481 e. The number of rotatable bonds is 5. The standard InChI is InChI=1S/C18H27N3O4/c1-11(2)20-7-14-8-21(10-18(14,9-20)17(23)24)16(22)6-5-15-12(3)19-25-13(15)4/h11,14H,5-10H2,1-4H3,(H,23,24)/t14-,18-/m0/s1. The van der Waals surface area contributed by atoms with Gasteiger partial charge in [0.1, 0.15) is 11.2 Å². The molecule has 1 N–H and O–H groups in total. The van der Waals surface area contributed by atoms with Gasteiger partial charge in [-0.05, 0) is 34.1 Å². The highest BCUT2D eigenvalue weighted by Crippen LogP contribution is 2.43. The number of carbonyl (C=O) groups excluding carboxylic acids is 1. The molecule has 2 aliphatic heterocycles. The molecule has 2 aliphatic rings. The van der Waals surface area contributed by atoms with Crippen molar-refractivity contribution in [3.05, 3.63) is 17.0 Å². The summed E-state index contributed by atoms with van der Waals surface area (Å²) in [5.41, 5.74) is 0.980. The van der Waals surface area contributed by atoms with E-state index in [1.54, 1.807) is 4.90 Å². The summed E-state index contributed by atoms with van der Waals surface area (Å²) in [6.07, 6.45) is 0.943. The van der Waals surface area contributed by atoms with Crippen LogP contribution < -0.4 is 0 Å². The third kappa shape index (κ3) is 3.05. The Labute approximate surface area is 147 Å². The molecule has 3 rings (SSSR count). The Morgan fingerprint density at radius 3 is 2.56 bits per heavy atom. The van der Waals surface area contributed by atoms with Gasteiger partial charge in [0.05, 0.1) is 5.69 Å². The van der Waals surface area contributed by atoms with Gasteiger partial charge in [0.2, 0.25) is 5.91 Å². The van der Waals surface area contributed by atoms with Crippen molar-refractivity contribution < 1.29 is 19.2 Å². The molecule has 0 bridgehead atoms. The molecular formula is C18H27N3O4. The van der Waals surface area contributed by atoms with Gasteiger partial charge in [-0.25, -0.2) is 0 Å². The fourth-order valence-electron chi connectivity index (χ4n) is 4.24. The molecule has 0 aliphatic carbocycles. The van der Waals surface area contributed by atoms with Crippen LogP contribution >= 0.6 is 0 Å². The molecule has 0 unspecified atom stereocenters. The van der Waals surface area contributed by atoms with E-state index in [-0.39, 0.29) is 11.8 Å². The van der Waals surface area contributed by atoms with E-state index in [1.165, 1.54) is 0 Å². The first-order chi connectivity index (χ1) is 11.7. The predicted molar refractivity (Wildman–Crippen MR) is 91.1 cm³/mol. The number of aryl methyl sites for hydroxylation is 2. The lowest BCUT2D eigenvalue weighted by Crippen LogP contribution is -2.43. The maximum absolute atomic E-state index is 12.6. The van der Waals surface area contributed by atoms with E-state index in [9.17, 15) is 14.7 Å². The van der Waals surface area contributed by atoms with Crippen molar-refractivity contribution in [3.8, 4) is 0 Å². The predicted octanol–water partition coefficient (Wildman–Crippen LogP) is 1.48. The highest BCUT2D eigenvalue weighted by atomic mass is 16.5. The third-order valence-electron chi connectivity index (χ3n) is 5.91. The van der Waals surface area contributed by atoms with Crippen molar-refractivity contribution in [2.45, 2.75) is 46.6 Å². The summed E-state index contributed by atoms with van der Waals surface area (Å²) in [5.74, 6) is 0.00128. The Morgan fingerprint density at radius 1 is 1.32 bits per heavy atom. The lowest BCUT2D eigenvalue weighted by atomic mass is 9.81. The van der Waals surface area contributed by atoms with Crippen molar-refractivity contribution in [2.24, 2.45) is 11.3 Å². The normalized spacial score (nSPS) is 26.4. The lowest BCUT2D eigenvalue weighted by molar-refractivity contribution is -0.149. The summed E-state index contributed by atoms with van der Waals surface area (Å²) in [4.78, 5) is 28.6. The molecule has 0 aromatic carbocycles. The number of carboxylic acids is 1. The monoisotopic (exact) mass is 349 g/mol. The van der Waals surface area contributed by atoms with Gasteiger partial charge >= 0.3 is 5.97 Å². The highest BCUT2D eigenvalue weighted by Gasteiger charge is 2.58. The summed E-state index contributed by atoms with van der Waals surface area (Å²) < 4.78 is 5.14. The van der Waals surface area contributed by atoms with Crippen molar-refractivity contribution in [2.75, 3.05) is 26.2 Å². The SMILES string of the molecule is Cc1noc(C)c1CCC(=O)N1C[C@@H]2CN(C(C)C)C[C@]2(C(=O)O)C1. The molecule has 1 aromatic rings. The van der Waals surface area contributed by atoms with Gasteiger partial charge in [-0.3, -0.25) is 14.5 Å². The summed E-state index contributed by atoms with van der Waals surface area (Å²) in [6.45, 7) is 10.0. The van der Waals surface area contributed by atoms with Crippen LogP contribution in [0.1, 0.15) is 37.3 Å². The Balaban J connectivity index is 1.66. The molecule has 0 saturated carbocycles. The number of hydrogen-bond acceptors (Lipinski definition) is 5. The first-order valence-corrected chi connectivity index (χ1v) is 8.91. The number of nitrogens with zero attached hydrogens (tertiary/aromatic N) is 3. The van der Waals surface area contributed by atoms with Gasteiger partial charge in [0.15, 0.2) is 0 Å². The van der Waals surface area contributed by atoms with Crippen LogP contribution in [-0.2, 0) is 16.0 Å². The Bertz CT molecular complexity index is 664. The molecule has 7 nitrogen and oxygen atoms in total. The molecule has 138 valence electrons. The molecule has 2 atom stereocenters. The minimum atomic E-state index is -0.817. The quantitative estimate of drug-likeness (QED) is 0.866. The van der Waals surface area contributed by atoms with Crippen LogP contribution in [0.4, 0.5) is 0 Å². The second-order valence-electron chi connectivity index (χ2n) is 7.76. The number of carboxylic acid groups (broad SMARTS) is 1. The topological polar surface area (TPSA) is 86.9 Å². The first-order valence-electron chi connectivity index (χ1n) is 8.91. The maximum atomic E-state index is 12.6. The first kappa shape index (κ1) is 17.9. The van der Waals surface area contributed by atoms with E-state index in [1.807, 2.05) is 13.8 Å². The van der Waals surface area contributed by atoms with Gasteiger partial charge in [0, 0.05) is 50.1 Å². The zero-order valence-corrected chi connectivity index (χ0v) is 15.4. The average Bonchev–Trinajstić information content (AvgIpc) is 3.16. The van der Waals surface area contributed by atoms with Gasteiger partial charge in [-0.1, -0.05) is 5.16 Å². The van der Waals surface area contributed by atoms with Crippen LogP contribution in [0.15, 0.2) is 4.52 Å². The number of carbonyl (C=O) groups is 2. The summed E-state index contributed by atoms with van der Waals surface area (Å²) in [7, 11) is 0. The second-order valence-corrected chi connectivity index (χ2v) is 7.76. The number of aromatic nitrogens is 1. The van der Waals surface area contributed by atoms with E-state index in [4.69, 9.17) is 4.52 Å². The Morgan fingerprint density at radius 2 is 2.04 bits per heavy atom. The highest BCUT2D eigenvalue weighted by molar-refractivity contribution is 5.82. The Hall–Kier alpha value is -1.89. The fourth-order valence-corrected chi connectivity index (χ4v) is 4.24. The zero-order valence-electron chi connectivity index (χ0n) is 15.4.